The fraction of sp³-hybridized carbons (Fsp3) is 0.190. The number of phenols is 1. The van der Waals surface area contributed by atoms with Crippen LogP contribution in [0, 0.1) is 6.01 Å². The van der Waals surface area contributed by atoms with E-state index in [1.807, 2.05) is 12.1 Å². The molecule has 2 aromatic carbocycles. The van der Waals surface area contributed by atoms with Crippen molar-refractivity contribution in [2.75, 3.05) is 0 Å². The monoisotopic (exact) mass is 663 g/mol. The maximum absolute atomic E-state index is 10.2. The van der Waals surface area contributed by atoms with Gasteiger partial charge in [-0.05, 0) is 0 Å². The predicted molar refractivity (Wildman–Crippen MR) is 134 cm³/mol. The number of hydrogen-bond acceptors (Lipinski definition) is 2. The Hall–Kier alpha value is -0.414. The third-order valence-electron chi connectivity index (χ3n) is 5.28. The molecule has 27 heavy (non-hydrogen) atoms. The van der Waals surface area contributed by atoms with Gasteiger partial charge in [0.25, 0.3) is 0 Å². The summed E-state index contributed by atoms with van der Waals surface area (Å²) < 4.78 is 4.23. The van der Waals surface area contributed by atoms with Crippen molar-refractivity contribution in [3.63, 3.8) is 0 Å². The van der Waals surface area contributed by atoms with Crippen LogP contribution >= 0.6 is 45.2 Å². The molecule has 0 fully saturated rings. The molecule has 0 spiro atoms. The van der Waals surface area contributed by atoms with Gasteiger partial charge < -0.3 is 0 Å². The van der Waals surface area contributed by atoms with Gasteiger partial charge in [0.1, 0.15) is 0 Å². The second-order valence-electron chi connectivity index (χ2n) is 7.12. The Balaban J connectivity index is 2.14. The quantitative estimate of drug-likeness (QED) is 0.338. The summed E-state index contributed by atoms with van der Waals surface area (Å²) in [5.74, 6) is 0.338. The Bertz CT molecular complexity index is 1150. The van der Waals surface area contributed by atoms with E-state index < -0.39 is 8.07 Å². The van der Waals surface area contributed by atoms with Crippen LogP contribution in [-0.4, -0.2) is 27.7 Å². The number of nitrogens with zero attached hydrogens (tertiary/aromatic N) is 1. The van der Waals surface area contributed by atoms with Crippen LogP contribution in [0.3, 0.4) is 0 Å². The van der Waals surface area contributed by atoms with Gasteiger partial charge in [-0.2, -0.15) is 0 Å². The van der Waals surface area contributed by atoms with E-state index in [1.165, 1.54) is 26.4 Å². The van der Waals surface area contributed by atoms with E-state index in [0.717, 1.165) is 28.7 Å². The van der Waals surface area contributed by atoms with Gasteiger partial charge in [-0.3, -0.25) is 0 Å². The SMILES string of the molecule is C=c1ccc2c(c1-c1cc(I)c(I)[se]1)[Si](C)(CCC)c1cc(O)ccc1N=2. The summed E-state index contributed by atoms with van der Waals surface area (Å²) in [5, 5.41) is 15.1. The van der Waals surface area contributed by atoms with Crippen LogP contribution in [0.5, 0.6) is 5.75 Å². The zero-order chi connectivity index (χ0) is 19.3. The molecule has 2 nitrogen and oxygen atoms in total. The number of hydrogen-bond donors (Lipinski definition) is 1. The summed E-state index contributed by atoms with van der Waals surface area (Å²) >= 11 is 5.26. The first-order valence-electron chi connectivity index (χ1n) is 8.85. The van der Waals surface area contributed by atoms with E-state index >= 15 is 0 Å². The Kier molecular flexibility index (Phi) is 5.48. The summed E-state index contributed by atoms with van der Waals surface area (Å²) in [6, 6.07) is 13.4. The Morgan fingerprint density at radius 3 is 2.63 bits per heavy atom. The fourth-order valence-electron chi connectivity index (χ4n) is 4.13. The molecule has 1 unspecified atom stereocenters. The molecule has 2 heterocycles. The summed E-state index contributed by atoms with van der Waals surface area (Å²) in [7, 11) is -2.04. The second kappa shape index (κ2) is 7.44. The van der Waals surface area contributed by atoms with Crippen molar-refractivity contribution in [2.24, 2.45) is 4.99 Å². The first-order valence-corrected chi connectivity index (χ1v) is 15.4. The molecule has 3 aromatic rings. The molecule has 1 aliphatic rings. The third-order valence-corrected chi connectivity index (χ3v) is 16.4. The van der Waals surface area contributed by atoms with E-state index in [1.54, 1.807) is 6.07 Å². The third kappa shape index (κ3) is 3.31. The van der Waals surface area contributed by atoms with Gasteiger partial charge in [-0.15, -0.1) is 0 Å². The second-order valence-corrected chi connectivity index (χ2v) is 17.4. The first-order chi connectivity index (χ1) is 12.8. The molecule has 0 saturated heterocycles. The van der Waals surface area contributed by atoms with Crippen LogP contribution in [0.25, 0.3) is 16.6 Å². The molecule has 1 atom stereocenters. The first kappa shape index (κ1) is 19.9. The van der Waals surface area contributed by atoms with Crippen LogP contribution in [0.1, 0.15) is 13.3 Å². The molecule has 0 amide bonds. The van der Waals surface area contributed by atoms with Gasteiger partial charge in [-0.1, -0.05) is 0 Å². The molecular formula is C21H19I2NOSeSi. The Labute approximate surface area is 193 Å². The Morgan fingerprint density at radius 2 is 1.96 bits per heavy atom. The Morgan fingerprint density at radius 1 is 1.19 bits per heavy atom. The molecule has 0 bridgehead atoms. The maximum atomic E-state index is 10.2. The summed E-state index contributed by atoms with van der Waals surface area (Å²) in [6.07, 6.45) is 1.12. The van der Waals surface area contributed by atoms with E-state index in [4.69, 9.17) is 4.99 Å². The van der Waals surface area contributed by atoms with Gasteiger partial charge in [0, 0.05) is 0 Å². The van der Waals surface area contributed by atoms with Gasteiger partial charge in [0.15, 0.2) is 0 Å². The predicted octanol–water partition coefficient (Wildman–Crippen LogP) is 3.60. The van der Waals surface area contributed by atoms with Crippen molar-refractivity contribution >= 4 is 90.4 Å². The molecule has 1 aliphatic heterocycles. The summed E-state index contributed by atoms with van der Waals surface area (Å²) in [5.41, 5.74) is 2.35. The number of halogens is 2. The number of benzene rings is 2. The average molecular weight is 662 g/mol. The van der Waals surface area contributed by atoms with E-state index in [-0.39, 0.29) is 0 Å². The standard InChI is InChI=1S/C21H19I2NOSeSi/c1-4-9-27(3)18-10-13(25)6-8-15(18)24-16-7-5-12(2)19(20(16)27)17-11-14(22)21(23)26-17/h5-8,10-11,25H,2,4,9H2,1,3H3. The zero-order valence-corrected chi connectivity index (χ0v) is 22.2. The van der Waals surface area contributed by atoms with Crippen molar-refractivity contribution in [1.82, 2.24) is 0 Å². The topological polar surface area (TPSA) is 32.6 Å². The van der Waals surface area contributed by atoms with Gasteiger partial charge in [0.2, 0.25) is 0 Å². The van der Waals surface area contributed by atoms with Crippen molar-refractivity contribution in [3.05, 3.63) is 53.0 Å². The van der Waals surface area contributed by atoms with Gasteiger partial charge in [0.05, 0.1) is 0 Å². The molecule has 6 heteroatoms. The van der Waals surface area contributed by atoms with Crippen LogP contribution in [0.4, 0.5) is 5.69 Å². The van der Waals surface area contributed by atoms with E-state index in [0.29, 0.717) is 20.3 Å². The molecule has 1 N–H and O–H groups in total. The zero-order valence-electron chi connectivity index (χ0n) is 15.1. The number of aromatic hydroxyl groups is 1. The van der Waals surface area contributed by atoms with E-state index in [2.05, 4.69) is 83.4 Å². The molecule has 0 aliphatic carbocycles. The molecule has 0 radical (unpaired) electrons. The van der Waals surface area contributed by atoms with Crippen LogP contribution in [0.15, 0.2) is 41.4 Å². The van der Waals surface area contributed by atoms with Gasteiger partial charge in [-0.25, -0.2) is 0 Å². The van der Waals surface area contributed by atoms with Crippen molar-refractivity contribution in [1.29, 1.82) is 0 Å². The van der Waals surface area contributed by atoms with E-state index in [9.17, 15) is 5.11 Å². The fourth-order valence-corrected chi connectivity index (χ4v) is 13.4. The summed E-state index contributed by atoms with van der Waals surface area (Å²) in [6.45, 7) is 9.10. The van der Waals surface area contributed by atoms with Crippen LogP contribution in [0.2, 0.25) is 12.6 Å². The number of phenolic OH excluding ortho intramolecular Hbond substituents is 1. The molecule has 4 rings (SSSR count). The average Bonchev–Trinajstić information content (AvgIpc) is 2.95. The number of rotatable bonds is 3. The van der Waals surface area contributed by atoms with Crippen molar-refractivity contribution < 1.29 is 5.11 Å². The van der Waals surface area contributed by atoms with Crippen LogP contribution < -0.4 is 20.9 Å². The minimum atomic E-state index is -2.04. The molecule has 1 aromatic heterocycles. The van der Waals surface area contributed by atoms with Crippen LogP contribution in [-0.2, 0) is 0 Å². The van der Waals surface area contributed by atoms with Crippen molar-refractivity contribution in [3.8, 4) is 15.8 Å². The van der Waals surface area contributed by atoms with Gasteiger partial charge >= 0.3 is 195 Å². The molecular weight excluding hydrogens is 643 g/mol. The molecule has 0 saturated carbocycles. The van der Waals surface area contributed by atoms with Crippen molar-refractivity contribution in [2.45, 2.75) is 25.9 Å². The minimum absolute atomic E-state index is 0.333. The summed E-state index contributed by atoms with van der Waals surface area (Å²) in [4.78, 5) is 5.00. The number of fused-ring (bicyclic) bond motifs is 2. The normalized spacial score (nSPS) is 17.9. The molecule has 138 valence electrons.